The van der Waals surface area contributed by atoms with E-state index in [4.69, 9.17) is 11.5 Å². The fraction of sp³-hybridized carbons (Fsp3) is 0.100. The summed E-state index contributed by atoms with van der Waals surface area (Å²) < 4.78 is 0. The standard InChI is InChI=1S/C10H9N7O4/c1-4-6(8-13-9(11)15-10(12)14-8)2-5(16(18)19)3-7(4)17(20)21/h2-3H,1H3,(H4,11,12,13,14,15). The first-order valence-electron chi connectivity index (χ1n) is 5.50. The first kappa shape index (κ1) is 14.0. The summed E-state index contributed by atoms with van der Waals surface area (Å²) >= 11 is 0. The number of anilines is 2. The second kappa shape index (κ2) is 4.96. The van der Waals surface area contributed by atoms with Crippen LogP contribution in [0.1, 0.15) is 5.56 Å². The van der Waals surface area contributed by atoms with Crippen molar-refractivity contribution in [1.29, 1.82) is 0 Å². The maximum Gasteiger partial charge on any atom is 0.279 e. The van der Waals surface area contributed by atoms with E-state index in [2.05, 4.69) is 15.0 Å². The van der Waals surface area contributed by atoms with Crippen LogP contribution < -0.4 is 11.5 Å². The van der Waals surface area contributed by atoms with Gasteiger partial charge in [0.1, 0.15) is 0 Å². The number of hydrogen-bond donors (Lipinski definition) is 2. The molecule has 1 heterocycles. The fourth-order valence-electron chi connectivity index (χ4n) is 1.74. The van der Waals surface area contributed by atoms with Gasteiger partial charge in [-0.2, -0.15) is 15.0 Å². The molecule has 0 spiro atoms. The SMILES string of the molecule is Cc1c(-c2nc(N)nc(N)n2)cc([N+](=O)[O-])cc1[N+](=O)[O-]. The topological polar surface area (TPSA) is 177 Å². The Balaban J connectivity index is 2.78. The lowest BCUT2D eigenvalue weighted by Gasteiger charge is -2.06. The number of nitro groups is 2. The molecule has 0 radical (unpaired) electrons. The van der Waals surface area contributed by atoms with Gasteiger partial charge in [0, 0.05) is 17.2 Å². The van der Waals surface area contributed by atoms with E-state index in [1.165, 1.54) is 6.92 Å². The van der Waals surface area contributed by atoms with Gasteiger partial charge in [-0.15, -0.1) is 0 Å². The molecule has 0 atom stereocenters. The highest BCUT2D eigenvalue weighted by molar-refractivity contribution is 5.70. The summed E-state index contributed by atoms with van der Waals surface area (Å²) in [4.78, 5) is 31.6. The van der Waals surface area contributed by atoms with Crippen molar-refractivity contribution >= 4 is 23.3 Å². The first-order chi connectivity index (χ1) is 9.79. The Morgan fingerprint density at radius 3 is 2.05 bits per heavy atom. The normalized spacial score (nSPS) is 10.3. The number of nitro benzene ring substituents is 2. The van der Waals surface area contributed by atoms with Crippen LogP contribution >= 0.6 is 0 Å². The van der Waals surface area contributed by atoms with Gasteiger partial charge in [0.15, 0.2) is 5.82 Å². The summed E-state index contributed by atoms with van der Waals surface area (Å²) in [6.07, 6.45) is 0. The minimum absolute atomic E-state index is 0.0655. The van der Waals surface area contributed by atoms with Gasteiger partial charge in [-0.3, -0.25) is 20.2 Å². The second-order valence-corrected chi connectivity index (χ2v) is 4.03. The second-order valence-electron chi connectivity index (χ2n) is 4.03. The molecule has 1 aromatic heterocycles. The highest BCUT2D eigenvalue weighted by atomic mass is 16.6. The van der Waals surface area contributed by atoms with Gasteiger partial charge in [0.05, 0.1) is 15.9 Å². The largest absolute Gasteiger partial charge is 0.368 e. The molecule has 0 fully saturated rings. The summed E-state index contributed by atoms with van der Waals surface area (Å²) in [6, 6.07) is 1.99. The molecule has 0 bridgehead atoms. The van der Waals surface area contributed by atoms with Crippen molar-refractivity contribution in [3.8, 4) is 11.4 Å². The molecule has 0 aliphatic rings. The maximum atomic E-state index is 11.0. The Labute approximate surface area is 116 Å². The third kappa shape index (κ3) is 2.65. The van der Waals surface area contributed by atoms with E-state index >= 15 is 0 Å². The van der Waals surface area contributed by atoms with Crippen LogP contribution in [0.4, 0.5) is 23.3 Å². The van der Waals surface area contributed by atoms with Crippen molar-refractivity contribution < 1.29 is 9.85 Å². The molecule has 4 N–H and O–H groups in total. The van der Waals surface area contributed by atoms with Crippen LogP contribution in [0.25, 0.3) is 11.4 Å². The first-order valence-corrected chi connectivity index (χ1v) is 5.50. The fourth-order valence-corrected chi connectivity index (χ4v) is 1.74. The molecule has 11 heteroatoms. The summed E-state index contributed by atoms with van der Waals surface area (Å²) in [6.45, 7) is 1.42. The van der Waals surface area contributed by atoms with Crippen LogP contribution in [0.3, 0.4) is 0 Å². The molecule has 1 aromatic carbocycles. The Hall–Kier alpha value is -3.37. The van der Waals surface area contributed by atoms with Crippen LogP contribution in [0, 0.1) is 27.2 Å². The summed E-state index contributed by atoms with van der Waals surface area (Å²) in [5.41, 5.74) is 10.2. The Bertz CT molecular complexity index is 741. The molecule has 0 aliphatic carbocycles. The predicted molar refractivity (Wildman–Crippen MR) is 72.1 cm³/mol. The lowest BCUT2D eigenvalue weighted by molar-refractivity contribution is -0.394. The highest BCUT2D eigenvalue weighted by Crippen LogP contribution is 2.33. The molecule has 2 rings (SSSR count). The molecular weight excluding hydrogens is 282 g/mol. The number of rotatable bonds is 3. The molecule has 0 aliphatic heterocycles. The summed E-state index contributed by atoms with van der Waals surface area (Å²) in [5, 5.41) is 21.9. The van der Waals surface area contributed by atoms with Gasteiger partial charge < -0.3 is 11.5 Å². The smallest absolute Gasteiger partial charge is 0.279 e. The van der Waals surface area contributed by atoms with Crippen molar-refractivity contribution in [3.63, 3.8) is 0 Å². The number of aromatic nitrogens is 3. The van der Waals surface area contributed by atoms with Crippen molar-refractivity contribution in [2.75, 3.05) is 11.5 Å². The van der Waals surface area contributed by atoms with Crippen LogP contribution in [0.2, 0.25) is 0 Å². The Morgan fingerprint density at radius 1 is 1.00 bits per heavy atom. The van der Waals surface area contributed by atoms with E-state index < -0.39 is 21.2 Å². The zero-order chi connectivity index (χ0) is 15.7. The molecular formula is C10H9N7O4. The maximum absolute atomic E-state index is 11.0. The average Bonchev–Trinajstić information content (AvgIpc) is 2.36. The number of nitrogen functional groups attached to an aromatic ring is 2. The lowest BCUT2D eigenvalue weighted by Crippen LogP contribution is -2.06. The van der Waals surface area contributed by atoms with Gasteiger partial charge >= 0.3 is 0 Å². The van der Waals surface area contributed by atoms with Crippen molar-refractivity contribution in [2.45, 2.75) is 6.92 Å². The van der Waals surface area contributed by atoms with Crippen molar-refractivity contribution in [1.82, 2.24) is 15.0 Å². The van der Waals surface area contributed by atoms with E-state index in [0.29, 0.717) is 0 Å². The number of benzene rings is 1. The quantitative estimate of drug-likeness (QED) is 0.611. The van der Waals surface area contributed by atoms with E-state index in [-0.39, 0.29) is 28.8 Å². The van der Waals surface area contributed by atoms with Crippen LogP contribution in [-0.4, -0.2) is 24.8 Å². The van der Waals surface area contributed by atoms with Crippen molar-refractivity contribution in [2.24, 2.45) is 0 Å². The van der Waals surface area contributed by atoms with Crippen LogP contribution in [0.15, 0.2) is 12.1 Å². The minimum atomic E-state index is -0.746. The molecule has 0 saturated heterocycles. The summed E-state index contributed by atoms with van der Waals surface area (Å²) in [5.74, 6) is -0.443. The van der Waals surface area contributed by atoms with Gasteiger partial charge in [-0.25, -0.2) is 0 Å². The zero-order valence-corrected chi connectivity index (χ0v) is 10.7. The molecule has 11 nitrogen and oxygen atoms in total. The minimum Gasteiger partial charge on any atom is -0.368 e. The third-order valence-electron chi connectivity index (χ3n) is 2.68. The molecule has 0 unspecified atom stereocenters. The zero-order valence-electron chi connectivity index (χ0n) is 10.7. The van der Waals surface area contributed by atoms with Gasteiger partial charge in [0.25, 0.3) is 11.4 Å². The third-order valence-corrected chi connectivity index (χ3v) is 2.68. The van der Waals surface area contributed by atoms with Gasteiger partial charge in [-0.1, -0.05) is 0 Å². The molecule has 2 aromatic rings. The number of hydrogen-bond acceptors (Lipinski definition) is 9. The monoisotopic (exact) mass is 291 g/mol. The predicted octanol–water partition coefficient (Wildman–Crippen LogP) is 0.828. The Morgan fingerprint density at radius 2 is 1.57 bits per heavy atom. The molecule has 0 saturated carbocycles. The lowest BCUT2D eigenvalue weighted by atomic mass is 10.0. The average molecular weight is 291 g/mol. The van der Waals surface area contributed by atoms with E-state index in [9.17, 15) is 20.2 Å². The van der Waals surface area contributed by atoms with E-state index in [1.54, 1.807) is 0 Å². The molecule has 0 amide bonds. The van der Waals surface area contributed by atoms with Crippen LogP contribution in [-0.2, 0) is 0 Å². The summed E-state index contributed by atoms with van der Waals surface area (Å²) in [7, 11) is 0. The number of nitrogens with two attached hydrogens (primary N) is 2. The highest BCUT2D eigenvalue weighted by Gasteiger charge is 2.23. The van der Waals surface area contributed by atoms with Gasteiger partial charge in [0.2, 0.25) is 11.9 Å². The van der Waals surface area contributed by atoms with E-state index in [1.807, 2.05) is 0 Å². The Kier molecular flexibility index (Phi) is 3.32. The van der Waals surface area contributed by atoms with Crippen molar-refractivity contribution in [3.05, 3.63) is 37.9 Å². The molecule has 108 valence electrons. The number of nitrogens with zero attached hydrogens (tertiary/aromatic N) is 5. The van der Waals surface area contributed by atoms with Gasteiger partial charge in [-0.05, 0) is 6.92 Å². The van der Waals surface area contributed by atoms with E-state index in [0.717, 1.165) is 12.1 Å². The molecule has 21 heavy (non-hydrogen) atoms. The number of non-ortho nitro benzene ring substituents is 1. The van der Waals surface area contributed by atoms with Crippen LogP contribution in [0.5, 0.6) is 0 Å².